The van der Waals surface area contributed by atoms with Crippen LogP contribution >= 0.6 is 11.3 Å². The number of amides is 1. The lowest BCUT2D eigenvalue weighted by atomic mass is 10.2. The second-order valence-corrected chi connectivity index (χ2v) is 3.99. The van der Waals surface area contributed by atoms with Gasteiger partial charge in [0.15, 0.2) is 0 Å². The summed E-state index contributed by atoms with van der Waals surface area (Å²) in [4.78, 5) is 15.0. The van der Waals surface area contributed by atoms with Gasteiger partial charge in [0.2, 0.25) is 5.91 Å². The van der Waals surface area contributed by atoms with E-state index >= 15 is 0 Å². The minimum Gasteiger partial charge on any atom is -0.326 e. The average Bonchev–Trinajstić information content (AvgIpc) is 2.71. The first-order valence-corrected chi connectivity index (χ1v) is 5.41. The molecule has 1 amide bonds. The van der Waals surface area contributed by atoms with Crippen molar-refractivity contribution in [2.24, 2.45) is 0 Å². The lowest BCUT2D eigenvalue weighted by Crippen LogP contribution is -2.05. The fraction of sp³-hybridized carbons (Fsp3) is 0.0909. The van der Waals surface area contributed by atoms with Crippen LogP contribution in [0.4, 0.5) is 5.69 Å². The molecule has 0 radical (unpaired) electrons. The van der Waals surface area contributed by atoms with E-state index in [4.69, 9.17) is 0 Å². The SMILES string of the molecule is CC(=O)Nc1ccc(-c2nccs2)cc1. The normalized spacial score (nSPS) is 9.93. The number of nitrogens with one attached hydrogen (secondary N) is 1. The highest BCUT2D eigenvalue weighted by molar-refractivity contribution is 7.13. The molecule has 2 aromatic rings. The highest BCUT2D eigenvalue weighted by atomic mass is 32.1. The van der Waals surface area contributed by atoms with Crippen LogP contribution in [0.1, 0.15) is 6.92 Å². The zero-order valence-electron chi connectivity index (χ0n) is 8.23. The van der Waals surface area contributed by atoms with Gasteiger partial charge in [0.25, 0.3) is 0 Å². The molecule has 0 saturated carbocycles. The number of benzene rings is 1. The molecule has 2 rings (SSSR count). The summed E-state index contributed by atoms with van der Waals surface area (Å²) >= 11 is 1.60. The van der Waals surface area contributed by atoms with E-state index in [0.717, 1.165) is 16.3 Å². The summed E-state index contributed by atoms with van der Waals surface area (Å²) in [6.45, 7) is 1.49. The van der Waals surface area contributed by atoms with Gasteiger partial charge in [-0.05, 0) is 24.3 Å². The summed E-state index contributed by atoms with van der Waals surface area (Å²) in [5.74, 6) is -0.0583. The first kappa shape index (κ1) is 9.86. The molecular formula is C11H10N2OS. The number of aromatic nitrogens is 1. The molecule has 3 nitrogen and oxygen atoms in total. The van der Waals surface area contributed by atoms with Crippen molar-refractivity contribution < 1.29 is 4.79 Å². The van der Waals surface area contributed by atoms with Crippen molar-refractivity contribution in [1.82, 2.24) is 4.98 Å². The zero-order valence-corrected chi connectivity index (χ0v) is 9.04. The molecule has 0 unspecified atom stereocenters. The number of rotatable bonds is 2. The maximum atomic E-state index is 10.8. The second-order valence-electron chi connectivity index (χ2n) is 3.10. The lowest BCUT2D eigenvalue weighted by molar-refractivity contribution is -0.114. The van der Waals surface area contributed by atoms with Gasteiger partial charge in [-0.1, -0.05) is 0 Å². The Morgan fingerprint density at radius 2 is 2.07 bits per heavy atom. The molecule has 0 aliphatic rings. The van der Waals surface area contributed by atoms with E-state index in [9.17, 15) is 4.79 Å². The van der Waals surface area contributed by atoms with Gasteiger partial charge in [0, 0.05) is 29.8 Å². The van der Waals surface area contributed by atoms with Gasteiger partial charge in [-0.2, -0.15) is 0 Å². The Balaban J connectivity index is 2.21. The van der Waals surface area contributed by atoms with E-state index in [1.807, 2.05) is 29.6 Å². The van der Waals surface area contributed by atoms with Crippen molar-refractivity contribution in [2.75, 3.05) is 5.32 Å². The van der Waals surface area contributed by atoms with Gasteiger partial charge in [-0.25, -0.2) is 4.98 Å². The highest BCUT2D eigenvalue weighted by Crippen LogP contribution is 2.22. The topological polar surface area (TPSA) is 42.0 Å². The molecule has 1 aromatic carbocycles. The van der Waals surface area contributed by atoms with Crippen LogP contribution < -0.4 is 5.32 Å². The van der Waals surface area contributed by atoms with Gasteiger partial charge in [0.1, 0.15) is 5.01 Å². The summed E-state index contributed by atoms with van der Waals surface area (Å²) in [6.07, 6.45) is 1.78. The van der Waals surface area contributed by atoms with E-state index in [2.05, 4.69) is 10.3 Å². The minimum absolute atomic E-state index is 0.0583. The molecule has 0 aliphatic carbocycles. The largest absolute Gasteiger partial charge is 0.326 e. The lowest BCUT2D eigenvalue weighted by Gasteiger charge is -2.02. The molecule has 0 aliphatic heterocycles. The molecular weight excluding hydrogens is 208 g/mol. The number of hydrogen-bond acceptors (Lipinski definition) is 3. The van der Waals surface area contributed by atoms with Crippen LogP contribution in [0.15, 0.2) is 35.8 Å². The Hall–Kier alpha value is -1.68. The van der Waals surface area contributed by atoms with Gasteiger partial charge < -0.3 is 5.32 Å². The second kappa shape index (κ2) is 4.23. The van der Waals surface area contributed by atoms with E-state index in [0.29, 0.717) is 0 Å². The first-order valence-electron chi connectivity index (χ1n) is 4.53. The molecule has 0 atom stereocenters. The quantitative estimate of drug-likeness (QED) is 0.842. The van der Waals surface area contributed by atoms with E-state index < -0.39 is 0 Å². The van der Waals surface area contributed by atoms with Crippen LogP contribution in [0.2, 0.25) is 0 Å². The molecule has 0 saturated heterocycles. The van der Waals surface area contributed by atoms with Gasteiger partial charge >= 0.3 is 0 Å². The van der Waals surface area contributed by atoms with Crippen molar-refractivity contribution in [3.8, 4) is 10.6 Å². The predicted molar refractivity (Wildman–Crippen MR) is 61.9 cm³/mol. The third-order valence-electron chi connectivity index (χ3n) is 1.88. The third kappa shape index (κ3) is 2.41. The van der Waals surface area contributed by atoms with Crippen LogP contribution in [0.3, 0.4) is 0 Å². The monoisotopic (exact) mass is 218 g/mol. The van der Waals surface area contributed by atoms with Crippen LogP contribution in [-0.2, 0) is 4.79 Å². The van der Waals surface area contributed by atoms with Crippen molar-refractivity contribution in [2.45, 2.75) is 6.92 Å². The third-order valence-corrected chi connectivity index (χ3v) is 2.71. The average molecular weight is 218 g/mol. The van der Waals surface area contributed by atoms with Crippen molar-refractivity contribution in [1.29, 1.82) is 0 Å². The number of hydrogen-bond donors (Lipinski definition) is 1. The molecule has 0 bridgehead atoms. The van der Waals surface area contributed by atoms with E-state index in [1.54, 1.807) is 17.5 Å². The molecule has 0 spiro atoms. The van der Waals surface area contributed by atoms with Gasteiger partial charge in [-0.15, -0.1) is 11.3 Å². The maximum absolute atomic E-state index is 10.8. The number of carbonyl (C=O) groups is 1. The Morgan fingerprint density at radius 3 is 2.60 bits per heavy atom. The van der Waals surface area contributed by atoms with Crippen LogP contribution in [0.25, 0.3) is 10.6 Å². The van der Waals surface area contributed by atoms with Crippen molar-refractivity contribution in [3.63, 3.8) is 0 Å². The summed E-state index contributed by atoms with van der Waals surface area (Å²) in [6, 6.07) is 7.64. The summed E-state index contributed by atoms with van der Waals surface area (Å²) in [5.41, 5.74) is 1.88. The Kier molecular flexibility index (Phi) is 2.78. The number of carbonyl (C=O) groups excluding carboxylic acids is 1. The summed E-state index contributed by atoms with van der Waals surface area (Å²) < 4.78 is 0. The van der Waals surface area contributed by atoms with Crippen LogP contribution in [-0.4, -0.2) is 10.9 Å². The Morgan fingerprint density at radius 1 is 1.33 bits per heavy atom. The van der Waals surface area contributed by atoms with Crippen molar-refractivity contribution in [3.05, 3.63) is 35.8 Å². The molecule has 1 heterocycles. The van der Waals surface area contributed by atoms with E-state index in [1.165, 1.54) is 6.92 Å². The first-order chi connectivity index (χ1) is 7.25. The van der Waals surface area contributed by atoms with Crippen LogP contribution in [0, 0.1) is 0 Å². The number of thiazole rings is 1. The molecule has 0 fully saturated rings. The van der Waals surface area contributed by atoms with E-state index in [-0.39, 0.29) is 5.91 Å². The summed E-state index contributed by atoms with van der Waals surface area (Å²) in [7, 11) is 0. The standard InChI is InChI=1S/C11H10N2OS/c1-8(14)13-10-4-2-9(3-5-10)11-12-6-7-15-11/h2-7H,1H3,(H,13,14). The molecule has 1 aromatic heterocycles. The highest BCUT2D eigenvalue weighted by Gasteiger charge is 2.00. The van der Waals surface area contributed by atoms with Crippen molar-refractivity contribution >= 4 is 22.9 Å². The molecule has 76 valence electrons. The molecule has 1 N–H and O–H groups in total. The fourth-order valence-electron chi connectivity index (χ4n) is 1.27. The fourth-order valence-corrected chi connectivity index (χ4v) is 1.91. The van der Waals surface area contributed by atoms with Crippen LogP contribution in [0.5, 0.6) is 0 Å². The smallest absolute Gasteiger partial charge is 0.221 e. The number of nitrogens with zero attached hydrogens (tertiary/aromatic N) is 1. The Bertz CT molecular complexity index is 448. The van der Waals surface area contributed by atoms with Gasteiger partial charge in [-0.3, -0.25) is 4.79 Å². The zero-order chi connectivity index (χ0) is 10.7. The van der Waals surface area contributed by atoms with Gasteiger partial charge in [0.05, 0.1) is 0 Å². The minimum atomic E-state index is -0.0583. The molecule has 15 heavy (non-hydrogen) atoms. The summed E-state index contributed by atoms with van der Waals surface area (Å²) in [5, 5.41) is 5.65. The predicted octanol–water partition coefficient (Wildman–Crippen LogP) is 2.77. The Labute approximate surface area is 91.8 Å². The number of anilines is 1. The molecule has 4 heteroatoms. The maximum Gasteiger partial charge on any atom is 0.221 e.